The number of benzene rings is 1. The second kappa shape index (κ2) is 5.69. The van der Waals surface area contributed by atoms with Gasteiger partial charge in [-0.1, -0.05) is 18.9 Å². The first-order chi connectivity index (χ1) is 9.06. The lowest BCUT2D eigenvalue weighted by Gasteiger charge is -2.13. The lowest BCUT2D eigenvalue weighted by Crippen LogP contribution is -2.36. The third-order valence-corrected chi connectivity index (χ3v) is 3.29. The summed E-state index contributed by atoms with van der Waals surface area (Å²) in [5, 5.41) is 16.3. The van der Waals surface area contributed by atoms with Crippen molar-refractivity contribution in [2.75, 3.05) is 5.32 Å². The molecule has 1 aromatic rings. The van der Waals surface area contributed by atoms with Gasteiger partial charge in [-0.2, -0.15) is 0 Å². The largest absolute Gasteiger partial charge is 0.335 e. The zero-order valence-electron chi connectivity index (χ0n) is 10.8. The van der Waals surface area contributed by atoms with Crippen LogP contribution in [0.4, 0.5) is 16.2 Å². The number of hydrogen-bond acceptors (Lipinski definition) is 3. The molecule has 0 aromatic heterocycles. The van der Waals surface area contributed by atoms with Gasteiger partial charge in [0.05, 0.1) is 4.92 Å². The van der Waals surface area contributed by atoms with Crippen LogP contribution in [0.5, 0.6) is 0 Å². The highest BCUT2D eigenvalue weighted by Gasteiger charge is 2.19. The summed E-state index contributed by atoms with van der Waals surface area (Å²) >= 11 is 0. The highest BCUT2D eigenvalue weighted by atomic mass is 16.6. The van der Waals surface area contributed by atoms with Gasteiger partial charge in [-0.05, 0) is 31.4 Å². The molecule has 2 N–H and O–H groups in total. The van der Waals surface area contributed by atoms with Crippen molar-refractivity contribution in [1.82, 2.24) is 5.32 Å². The molecule has 0 aliphatic heterocycles. The third-order valence-electron chi connectivity index (χ3n) is 3.29. The molecule has 1 aliphatic rings. The Bertz CT molecular complexity index is 496. The van der Waals surface area contributed by atoms with Crippen molar-refractivity contribution in [3.05, 3.63) is 33.9 Å². The molecule has 1 fully saturated rings. The summed E-state index contributed by atoms with van der Waals surface area (Å²) < 4.78 is 0. The van der Waals surface area contributed by atoms with Gasteiger partial charge in [0.25, 0.3) is 5.69 Å². The number of rotatable bonds is 3. The second-order valence-electron chi connectivity index (χ2n) is 4.86. The van der Waals surface area contributed by atoms with Gasteiger partial charge in [0.15, 0.2) is 0 Å². The SMILES string of the molecule is Cc1ccc(NC(=O)NC2CCCC2)c([N+](=O)[O-])c1. The number of urea groups is 1. The van der Waals surface area contributed by atoms with E-state index in [1.807, 2.05) is 0 Å². The van der Waals surface area contributed by atoms with Crippen molar-refractivity contribution in [3.63, 3.8) is 0 Å². The van der Waals surface area contributed by atoms with E-state index in [4.69, 9.17) is 0 Å². The van der Waals surface area contributed by atoms with Crippen LogP contribution in [0.3, 0.4) is 0 Å². The highest BCUT2D eigenvalue weighted by Crippen LogP contribution is 2.25. The first kappa shape index (κ1) is 13.3. The van der Waals surface area contributed by atoms with Gasteiger partial charge in [-0.15, -0.1) is 0 Å². The maximum Gasteiger partial charge on any atom is 0.319 e. The molecular formula is C13H17N3O3. The molecule has 0 saturated heterocycles. The molecule has 102 valence electrons. The van der Waals surface area contributed by atoms with Crippen molar-refractivity contribution >= 4 is 17.4 Å². The van der Waals surface area contributed by atoms with E-state index in [-0.39, 0.29) is 23.4 Å². The maximum absolute atomic E-state index is 11.8. The van der Waals surface area contributed by atoms with Crippen molar-refractivity contribution < 1.29 is 9.72 Å². The molecule has 2 amide bonds. The Morgan fingerprint density at radius 1 is 1.37 bits per heavy atom. The van der Waals surface area contributed by atoms with E-state index in [9.17, 15) is 14.9 Å². The Morgan fingerprint density at radius 2 is 2.05 bits per heavy atom. The lowest BCUT2D eigenvalue weighted by molar-refractivity contribution is -0.384. The third kappa shape index (κ3) is 3.43. The van der Waals surface area contributed by atoms with Crippen LogP contribution < -0.4 is 10.6 Å². The van der Waals surface area contributed by atoms with Crippen LogP contribution in [0.1, 0.15) is 31.2 Å². The molecule has 0 bridgehead atoms. The summed E-state index contributed by atoms with van der Waals surface area (Å²) in [6.45, 7) is 1.77. The molecular weight excluding hydrogens is 246 g/mol. The van der Waals surface area contributed by atoms with Crippen molar-refractivity contribution in [2.24, 2.45) is 0 Å². The number of hydrogen-bond donors (Lipinski definition) is 2. The maximum atomic E-state index is 11.8. The number of nitrogens with zero attached hydrogens (tertiary/aromatic N) is 1. The Labute approximate surface area is 111 Å². The van der Waals surface area contributed by atoms with Crippen LogP contribution in [0, 0.1) is 17.0 Å². The zero-order chi connectivity index (χ0) is 13.8. The zero-order valence-corrected chi connectivity index (χ0v) is 10.8. The van der Waals surface area contributed by atoms with Crippen LogP contribution in [0.2, 0.25) is 0 Å². The number of carbonyl (C=O) groups excluding carboxylic acids is 1. The Hall–Kier alpha value is -2.11. The average Bonchev–Trinajstić information content (AvgIpc) is 2.83. The monoisotopic (exact) mass is 263 g/mol. The number of nitro groups is 1. The number of amides is 2. The number of carbonyl (C=O) groups is 1. The Morgan fingerprint density at radius 3 is 2.68 bits per heavy atom. The van der Waals surface area contributed by atoms with E-state index in [0.29, 0.717) is 0 Å². The van der Waals surface area contributed by atoms with Crippen LogP contribution in [0.15, 0.2) is 18.2 Å². The Balaban J connectivity index is 2.05. The van der Waals surface area contributed by atoms with Gasteiger partial charge in [0.2, 0.25) is 0 Å². The van der Waals surface area contributed by atoms with Crippen LogP contribution >= 0.6 is 0 Å². The second-order valence-corrected chi connectivity index (χ2v) is 4.86. The van der Waals surface area contributed by atoms with Crippen LogP contribution in [-0.4, -0.2) is 17.0 Å². The first-order valence-electron chi connectivity index (χ1n) is 6.39. The van der Waals surface area contributed by atoms with Gasteiger partial charge in [0.1, 0.15) is 5.69 Å². The number of aryl methyl sites for hydroxylation is 1. The average molecular weight is 263 g/mol. The van der Waals surface area contributed by atoms with E-state index >= 15 is 0 Å². The number of nitrogens with one attached hydrogen (secondary N) is 2. The van der Waals surface area contributed by atoms with Gasteiger partial charge in [0, 0.05) is 12.1 Å². The summed E-state index contributed by atoms with van der Waals surface area (Å²) in [4.78, 5) is 22.2. The van der Waals surface area contributed by atoms with Gasteiger partial charge in [-0.25, -0.2) is 4.79 Å². The molecule has 0 heterocycles. The molecule has 6 nitrogen and oxygen atoms in total. The van der Waals surface area contributed by atoms with E-state index in [2.05, 4.69) is 10.6 Å². The lowest BCUT2D eigenvalue weighted by atomic mass is 10.2. The molecule has 1 aromatic carbocycles. The first-order valence-corrected chi connectivity index (χ1v) is 6.39. The fraction of sp³-hybridized carbons (Fsp3) is 0.462. The van der Waals surface area contributed by atoms with E-state index in [1.165, 1.54) is 6.07 Å². The van der Waals surface area contributed by atoms with Crippen LogP contribution in [0.25, 0.3) is 0 Å². The predicted molar refractivity (Wildman–Crippen MR) is 72.2 cm³/mol. The molecule has 19 heavy (non-hydrogen) atoms. The summed E-state index contributed by atoms with van der Waals surface area (Å²) in [5.74, 6) is 0. The fourth-order valence-electron chi connectivity index (χ4n) is 2.31. The quantitative estimate of drug-likeness (QED) is 0.649. The minimum Gasteiger partial charge on any atom is -0.335 e. The molecule has 6 heteroatoms. The summed E-state index contributed by atoms with van der Waals surface area (Å²) in [6.07, 6.45) is 4.19. The van der Waals surface area contributed by atoms with Crippen molar-refractivity contribution in [2.45, 2.75) is 38.6 Å². The molecule has 0 unspecified atom stereocenters. The molecule has 1 aliphatic carbocycles. The van der Waals surface area contributed by atoms with Gasteiger partial charge < -0.3 is 10.6 Å². The van der Waals surface area contributed by atoms with Crippen LogP contribution in [-0.2, 0) is 0 Å². The smallest absolute Gasteiger partial charge is 0.319 e. The highest BCUT2D eigenvalue weighted by molar-refractivity contribution is 5.92. The minimum atomic E-state index is -0.488. The molecule has 2 rings (SSSR count). The molecule has 0 spiro atoms. The van der Waals surface area contributed by atoms with E-state index in [0.717, 1.165) is 31.2 Å². The predicted octanol–water partition coefficient (Wildman–Crippen LogP) is 2.97. The summed E-state index contributed by atoms with van der Waals surface area (Å²) in [6, 6.07) is 4.55. The fourth-order valence-corrected chi connectivity index (χ4v) is 2.31. The standard InChI is InChI=1S/C13H17N3O3/c1-9-6-7-11(12(8-9)16(18)19)15-13(17)14-10-4-2-3-5-10/h6-8,10H,2-5H2,1H3,(H2,14,15,17). The van der Waals surface area contributed by atoms with Gasteiger partial charge >= 0.3 is 6.03 Å². The molecule has 0 atom stereocenters. The Kier molecular flexibility index (Phi) is 3.99. The topological polar surface area (TPSA) is 84.3 Å². The number of nitro benzene ring substituents is 1. The van der Waals surface area contributed by atoms with Gasteiger partial charge in [-0.3, -0.25) is 10.1 Å². The molecule has 1 saturated carbocycles. The minimum absolute atomic E-state index is 0.0819. The summed E-state index contributed by atoms with van der Waals surface area (Å²) in [5.41, 5.74) is 0.932. The number of anilines is 1. The normalized spacial score (nSPS) is 15.2. The van der Waals surface area contributed by atoms with Crippen molar-refractivity contribution in [3.8, 4) is 0 Å². The van der Waals surface area contributed by atoms with E-state index < -0.39 is 4.92 Å². The summed E-state index contributed by atoms with van der Waals surface area (Å²) in [7, 11) is 0. The van der Waals surface area contributed by atoms with Crippen molar-refractivity contribution in [1.29, 1.82) is 0 Å². The van der Waals surface area contributed by atoms with E-state index in [1.54, 1.807) is 19.1 Å². The molecule has 0 radical (unpaired) electrons.